The number of hydrogen-bond donors (Lipinski definition) is 16. The third kappa shape index (κ3) is 34.6. The number of hydrogen-bond acceptors (Lipinski definition) is 25. The number of carboxylic acid groups (broad SMARTS) is 5. The van der Waals surface area contributed by atoms with Gasteiger partial charge in [-0.2, -0.15) is 0 Å². The van der Waals surface area contributed by atoms with Crippen LogP contribution >= 0.6 is 0 Å². The van der Waals surface area contributed by atoms with Crippen LogP contribution < -0.4 is 58.5 Å². The molecule has 4 rings (SSSR count). The number of rotatable bonds is 48. The van der Waals surface area contributed by atoms with Gasteiger partial charge in [-0.25, -0.2) is 48.0 Å². The summed E-state index contributed by atoms with van der Waals surface area (Å²) in [5.74, 6) is -30.9. The smallest absolute Gasteiger partial charge is 0.326 e. The second-order valence-corrected chi connectivity index (χ2v) is 31.2. The molecule has 5 unspecified atom stereocenters. The molecule has 2 aromatic carbocycles. The van der Waals surface area contributed by atoms with Gasteiger partial charge in [-0.05, 0) is 38.5 Å². The number of amides is 4. The van der Waals surface area contributed by atoms with Crippen molar-refractivity contribution in [1.29, 1.82) is 0 Å². The maximum atomic E-state index is 15.7. The molecule has 0 saturated heterocycles. The first-order chi connectivity index (χ1) is 52.6. The molecule has 19 N–H and O–H groups in total. The molecule has 2 aliphatic carbocycles. The van der Waals surface area contributed by atoms with E-state index < -0.39 is 280 Å². The lowest BCUT2D eigenvalue weighted by Gasteiger charge is -2.25. The number of Topliss-reactive ketones (excluding diaryl/α,β-unsaturated/α-hetero) is 2. The van der Waals surface area contributed by atoms with Crippen LogP contribution in [0.15, 0.2) is 14.8 Å². The summed E-state index contributed by atoms with van der Waals surface area (Å²) < 4.78 is 200. The van der Waals surface area contributed by atoms with Gasteiger partial charge in [-0.1, -0.05) is 64.2 Å². The minimum Gasteiger partial charge on any atom is -0.755 e. The van der Waals surface area contributed by atoms with Crippen LogP contribution in [0.1, 0.15) is 154 Å². The molecule has 2 aromatic rings. The number of ketones is 2. The summed E-state index contributed by atoms with van der Waals surface area (Å²) in [7, 11) is -9.69. The van der Waals surface area contributed by atoms with Gasteiger partial charge in [0.25, 0.3) is 0 Å². The Hall–Kier alpha value is -8.94. The van der Waals surface area contributed by atoms with Gasteiger partial charge in [-0.3, -0.25) is 61.4 Å². The van der Waals surface area contributed by atoms with E-state index >= 15 is 13.2 Å². The first kappa shape index (κ1) is 97.3. The van der Waals surface area contributed by atoms with Crippen molar-refractivity contribution in [1.82, 2.24) is 21.3 Å². The number of nitrogens with zero attached hydrogens (tertiary/aromatic N) is 1. The second kappa shape index (κ2) is 48.9. The van der Waals surface area contributed by atoms with Gasteiger partial charge in [0.15, 0.2) is 66.3 Å². The zero-order chi connectivity index (χ0) is 84.2. The number of nitrogens with two attached hydrogens (primary N) is 3. The molecule has 0 spiro atoms. The highest BCUT2D eigenvalue weighted by Gasteiger charge is 2.38. The van der Waals surface area contributed by atoms with Crippen LogP contribution in [0.25, 0.3) is 0 Å². The standard InChI is InChI=1S/C47H71F3N10O20S2.C17H23F3N2O6S2/c48-37-38(49)42(41(39(50)40(37)60-81(75)76)57-27-7-4-2-1-3-5-8-27)82(77,78)18-11-33(63)54-13-15-80-17-16-79-14-10-28(61)19-25(21-34(64)65)44(71)58-30(9-6-12-55-47(52)53)32(62)20-26(22-35(66)67)43(70)56-24-29(51)45(72)59-31(46(73)74)23-36(68)69;18-12-13(19)17(30(27,28)9-8-11(23)24)16(14(20)15(12)22-29(25)26)21-10-6-4-2-1-3-5-7-10/h25-27,29-31,57,60H,1-24,51H2,(H,54,63)(H,56,70)(H,58,71)(H,59,72)(H,64,65)(H,66,67)(H,68,69)(H,73,74)(H,75,76)(H4,52,53,55);10,21-22H,1-9H2,(H,23,24)(H,25,26)/p-2/t25?,26?,29-,30?,31-;/m0./s1. The van der Waals surface area contributed by atoms with Crippen LogP contribution in [0.3, 0.4) is 0 Å². The van der Waals surface area contributed by atoms with Crippen molar-refractivity contribution in [2.75, 3.05) is 77.6 Å². The van der Waals surface area contributed by atoms with Gasteiger partial charge in [0, 0.05) is 79.9 Å². The predicted octanol–water partition coefficient (Wildman–Crippen LogP) is 1.75. The lowest BCUT2D eigenvalue weighted by Crippen LogP contribution is -2.53. The van der Waals surface area contributed by atoms with E-state index in [0.29, 0.717) is 38.5 Å². The van der Waals surface area contributed by atoms with Crippen LogP contribution in [-0.4, -0.2) is 219 Å². The van der Waals surface area contributed by atoms with E-state index in [4.69, 9.17) is 36.9 Å². The van der Waals surface area contributed by atoms with Gasteiger partial charge in [-0.15, -0.1) is 0 Å². The quantitative estimate of drug-likeness (QED) is 0.0112. The van der Waals surface area contributed by atoms with Gasteiger partial charge < -0.3 is 103 Å². The zero-order valence-corrected chi connectivity index (χ0v) is 63.5. The number of aliphatic imine (C=N–C) groups is 1. The fraction of sp³-hybridized carbons (Fsp3) is 0.625. The molecule has 0 radical (unpaired) electrons. The Bertz CT molecular complexity index is 3950. The molecular weight excluding hydrogens is 1600 g/mol. The van der Waals surface area contributed by atoms with Crippen molar-refractivity contribution >= 4 is 136 Å². The minimum absolute atomic E-state index is 0.00327. The number of carboxylic acids is 5. The molecule has 48 heteroatoms. The SMILES string of the molecule is NC(N)=NCCCC(NC(=O)C(CC(=O)O)CC(=O)CCOCCOCCNC(=O)CCS(=O)(=O)c1c(F)c(F)c(NS(=O)[O-])c(F)c1NC1CCCCCCC1)C(=O)CC(CC(=O)O)C(=O)NC[C@H](N)C(=O)N[C@@H](CC(=O)O)C(=O)O.O=C(O)CCS(=O)(=O)c1c(F)c(F)c(NS(=O)[O-])c(F)c1NC1CCCCCCC1. The summed E-state index contributed by atoms with van der Waals surface area (Å²) in [5, 5.41) is 59.9. The number of carbonyl (C=O) groups excluding carboxylic acids is 6. The molecule has 112 heavy (non-hydrogen) atoms. The Morgan fingerprint density at radius 3 is 1.38 bits per heavy atom. The monoisotopic (exact) mass is 1690 g/mol. The number of ether oxygens (including phenoxy) is 2. The summed E-state index contributed by atoms with van der Waals surface area (Å²) in [5.41, 5.74) is 11.8. The van der Waals surface area contributed by atoms with Crippen molar-refractivity contribution in [2.24, 2.45) is 34.0 Å². The average Bonchev–Trinajstić information content (AvgIpc) is 0.762. The molecule has 2 aliphatic rings. The molecule has 2 saturated carbocycles. The molecule has 4 amide bonds. The molecule has 0 bridgehead atoms. The largest absolute Gasteiger partial charge is 0.755 e. The number of aliphatic carboxylic acids is 5. The summed E-state index contributed by atoms with van der Waals surface area (Å²) in [4.78, 5) is 136. The number of carbonyl (C=O) groups is 11. The van der Waals surface area contributed by atoms with E-state index in [-0.39, 0.29) is 64.7 Å². The summed E-state index contributed by atoms with van der Waals surface area (Å²) in [6.45, 7) is -1.64. The Labute approximate surface area is 643 Å². The average molecular weight is 1690 g/mol. The summed E-state index contributed by atoms with van der Waals surface area (Å²) in [6.07, 6.45) is 3.49. The topological polar surface area (TPSA) is 643 Å². The molecule has 2 fully saturated rings. The van der Waals surface area contributed by atoms with Crippen LogP contribution in [-0.2, 0) is 104 Å². The van der Waals surface area contributed by atoms with Crippen LogP contribution in [0.5, 0.6) is 0 Å². The highest BCUT2D eigenvalue weighted by molar-refractivity contribution is 7.92. The highest BCUT2D eigenvalue weighted by atomic mass is 32.2. The zero-order valence-electron chi connectivity index (χ0n) is 60.3. The third-order valence-corrected chi connectivity index (χ3v) is 21.3. The van der Waals surface area contributed by atoms with Gasteiger partial charge in [0.05, 0.1) is 92.9 Å². The van der Waals surface area contributed by atoms with Crippen molar-refractivity contribution < 1.29 is 148 Å². The van der Waals surface area contributed by atoms with E-state index in [1.807, 2.05) is 5.32 Å². The van der Waals surface area contributed by atoms with Crippen molar-refractivity contribution in [3.05, 3.63) is 34.9 Å². The van der Waals surface area contributed by atoms with Gasteiger partial charge in [0.1, 0.15) is 39.0 Å². The summed E-state index contributed by atoms with van der Waals surface area (Å²) >= 11 is -6.52. The van der Waals surface area contributed by atoms with Crippen LogP contribution in [0.4, 0.5) is 49.1 Å². The molecule has 7 atom stereocenters. The van der Waals surface area contributed by atoms with Gasteiger partial charge in [0.2, 0.25) is 23.6 Å². The number of benzene rings is 2. The molecule has 38 nitrogen and oxygen atoms in total. The predicted molar refractivity (Wildman–Crippen MR) is 383 cm³/mol. The molecule has 0 aliphatic heterocycles. The lowest BCUT2D eigenvalue weighted by molar-refractivity contribution is -0.147. The van der Waals surface area contributed by atoms with E-state index in [1.165, 1.54) is 9.44 Å². The lowest BCUT2D eigenvalue weighted by atomic mass is 9.91. The fourth-order valence-corrected chi connectivity index (χ4v) is 15.1. The van der Waals surface area contributed by atoms with E-state index in [2.05, 4.69) is 31.6 Å². The molecular formula is C64H92F6N12O26S4-2. The molecule has 0 heterocycles. The number of halogens is 6. The van der Waals surface area contributed by atoms with E-state index in [1.54, 1.807) is 0 Å². The Morgan fingerprint density at radius 2 is 0.946 bits per heavy atom. The molecule has 0 aromatic heterocycles. The number of anilines is 4. The number of nitrogens with one attached hydrogen (secondary N) is 8. The van der Waals surface area contributed by atoms with Crippen molar-refractivity contribution in [3.63, 3.8) is 0 Å². The van der Waals surface area contributed by atoms with Crippen LogP contribution in [0.2, 0.25) is 0 Å². The first-order valence-electron chi connectivity index (χ1n) is 35.0. The second-order valence-electron chi connectivity index (χ2n) is 25.8. The van der Waals surface area contributed by atoms with Crippen molar-refractivity contribution in [3.8, 4) is 0 Å². The van der Waals surface area contributed by atoms with E-state index in [9.17, 15) is 116 Å². The number of guanidine groups is 1. The Morgan fingerprint density at radius 1 is 0.509 bits per heavy atom. The van der Waals surface area contributed by atoms with Crippen LogP contribution in [0, 0.1) is 46.7 Å². The Kier molecular flexibility index (Phi) is 42.4. The normalized spacial score (nSPS) is 15.6. The molecule has 632 valence electrons. The highest BCUT2D eigenvalue weighted by Crippen LogP contribution is 2.40. The minimum atomic E-state index is -4.94. The third-order valence-electron chi connectivity index (χ3n) is 17.1. The number of sulfone groups is 2. The maximum absolute atomic E-state index is 15.7. The maximum Gasteiger partial charge on any atom is 0.326 e. The van der Waals surface area contributed by atoms with E-state index in [0.717, 1.165) is 51.4 Å². The van der Waals surface area contributed by atoms with Gasteiger partial charge >= 0.3 is 29.8 Å². The van der Waals surface area contributed by atoms with Crippen molar-refractivity contribution in [2.45, 2.75) is 194 Å². The Balaban J connectivity index is 0.000000896. The fourth-order valence-electron chi connectivity index (χ4n) is 11.5. The summed E-state index contributed by atoms with van der Waals surface area (Å²) in [6, 6.07) is -6.11. The first-order valence-corrected chi connectivity index (χ1v) is 40.4.